The van der Waals surface area contributed by atoms with Gasteiger partial charge in [-0.25, -0.2) is 4.79 Å². The third-order valence-electron chi connectivity index (χ3n) is 5.78. The Bertz CT molecular complexity index is 1040. The molecule has 0 radical (unpaired) electrons. The number of amides is 4. The second-order valence-corrected chi connectivity index (χ2v) is 7.98. The lowest BCUT2D eigenvalue weighted by molar-refractivity contribution is -0.134. The van der Waals surface area contributed by atoms with Crippen LogP contribution in [0.2, 0.25) is 5.02 Å². The van der Waals surface area contributed by atoms with Gasteiger partial charge >= 0.3 is 6.03 Å². The molecule has 29 heavy (non-hydrogen) atoms. The molecule has 2 aromatic rings. The van der Waals surface area contributed by atoms with E-state index in [1.54, 1.807) is 12.1 Å². The molecular weight excluding hydrogens is 390 g/mol. The summed E-state index contributed by atoms with van der Waals surface area (Å²) in [7, 11) is 0. The molecule has 0 saturated carbocycles. The normalized spacial score (nSPS) is 20.2. The molecule has 1 fully saturated rings. The lowest BCUT2D eigenvalue weighted by Gasteiger charge is -2.22. The summed E-state index contributed by atoms with van der Waals surface area (Å²) in [6.45, 7) is 3.60. The van der Waals surface area contributed by atoms with Gasteiger partial charge in [0.05, 0.1) is 0 Å². The average Bonchev–Trinajstić information content (AvgIpc) is 3.16. The third-order valence-corrected chi connectivity index (χ3v) is 6.01. The van der Waals surface area contributed by atoms with Gasteiger partial charge in [0.1, 0.15) is 12.1 Å². The first-order chi connectivity index (χ1) is 13.9. The summed E-state index contributed by atoms with van der Waals surface area (Å²) in [5.74, 6) is -0.789. The van der Waals surface area contributed by atoms with E-state index in [1.165, 1.54) is 0 Å². The number of anilines is 1. The van der Waals surface area contributed by atoms with E-state index in [4.69, 9.17) is 11.6 Å². The number of halogens is 1. The predicted octanol–water partition coefficient (Wildman–Crippen LogP) is 3.54. The van der Waals surface area contributed by atoms with Crippen LogP contribution in [0.3, 0.4) is 0 Å². The molecule has 1 spiro atoms. The van der Waals surface area contributed by atoms with Gasteiger partial charge in [0.15, 0.2) is 0 Å². The highest BCUT2D eigenvalue weighted by molar-refractivity contribution is 6.30. The fourth-order valence-electron chi connectivity index (χ4n) is 4.29. The molecule has 150 valence electrons. The number of carbonyl (C=O) groups is 3. The maximum atomic E-state index is 13.2. The van der Waals surface area contributed by atoms with Crippen molar-refractivity contribution >= 4 is 35.1 Å². The van der Waals surface area contributed by atoms with Gasteiger partial charge in [-0.05, 0) is 60.6 Å². The Labute approximate surface area is 174 Å². The minimum atomic E-state index is -1.10. The summed E-state index contributed by atoms with van der Waals surface area (Å²) in [6, 6.07) is 10.6. The van der Waals surface area contributed by atoms with E-state index in [9.17, 15) is 14.4 Å². The molecule has 2 aromatic carbocycles. The molecule has 2 aliphatic rings. The van der Waals surface area contributed by atoms with E-state index in [-0.39, 0.29) is 12.5 Å². The van der Waals surface area contributed by atoms with Gasteiger partial charge in [0.2, 0.25) is 5.91 Å². The number of nitrogens with zero attached hydrogens (tertiary/aromatic N) is 1. The summed E-state index contributed by atoms with van der Waals surface area (Å²) in [5, 5.41) is 6.29. The topological polar surface area (TPSA) is 78.5 Å². The standard InChI is InChI=1S/C22H22ClN3O3/c1-3-14-6-4-5-13(2)19(14)24-18(27)12-26-20(28)22(25-21(26)29)10-9-15-11-16(23)7-8-17(15)22/h4-8,11H,3,9-10,12H2,1-2H3,(H,24,27)(H,25,29)/t22-/m0/s1. The van der Waals surface area contributed by atoms with E-state index in [2.05, 4.69) is 10.6 Å². The summed E-state index contributed by atoms with van der Waals surface area (Å²) in [6.07, 6.45) is 1.87. The smallest absolute Gasteiger partial charge is 0.324 e. The molecule has 0 unspecified atom stereocenters. The summed E-state index contributed by atoms with van der Waals surface area (Å²) < 4.78 is 0. The minimum absolute atomic E-state index is 0.327. The van der Waals surface area contributed by atoms with Crippen LogP contribution >= 0.6 is 11.6 Å². The van der Waals surface area contributed by atoms with Gasteiger partial charge < -0.3 is 10.6 Å². The molecule has 1 saturated heterocycles. The predicted molar refractivity (Wildman–Crippen MR) is 111 cm³/mol. The lowest BCUT2D eigenvalue weighted by atomic mass is 9.92. The van der Waals surface area contributed by atoms with Crippen molar-refractivity contribution in [1.82, 2.24) is 10.2 Å². The zero-order valence-corrected chi connectivity index (χ0v) is 17.1. The Balaban J connectivity index is 1.55. The van der Waals surface area contributed by atoms with E-state index < -0.39 is 17.5 Å². The third kappa shape index (κ3) is 3.17. The van der Waals surface area contributed by atoms with Gasteiger partial charge in [-0.15, -0.1) is 0 Å². The molecule has 0 bridgehead atoms. The van der Waals surface area contributed by atoms with Crippen LogP contribution in [-0.2, 0) is 28.0 Å². The van der Waals surface area contributed by atoms with Crippen molar-refractivity contribution in [2.24, 2.45) is 0 Å². The first kappa shape index (κ1) is 19.5. The van der Waals surface area contributed by atoms with E-state index >= 15 is 0 Å². The van der Waals surface area contributed by atoms with Crippen molar-refractivity contribution in [3.63, 3.8) is 0 Å². The summed E-state index contributed by atoms with van der Waals surface area (Å²) in [5.41, 5.74) is 3.29. The first-order valence-electron chi connectivity index (χ1n) is 9.67. The van der Waals surface area contributed by atoms with Crippen LogP contribution in [0.4, 0.5) is 10.5 Å². The number of para-hydroxylation sites is 1. The summed E-state index contributed by atoms with van der Waals surface area (Å²) >= 11 is 6.06. The van der Waals surface area contributed by atoms with Crippen LogP contribution in [0.15, 0.2) is 36.4 Å². The molecule has 7 heteroatoms. The number of benzene rings is 2. The number of imide groups is 1. The van der Waals surface area contributed by atoms with Crippen molar-refractivity contribution < 1.29 is 14.4 Å². The second kappa shape index (κ2) is 7.19. The monoisotopic (exact) mass is 411 g/mol. The molecule has 2 N–H and O–H groups in total. The average molecular weight is 412 g/mol. The number of hydrogen-bond donors (Lipinski definition) is 2. The number of hydrogen-bond acceptors (Lipinski definition) is 3. The van der Waals surface area contributed by atoms with E-state index in [0.29, 0.717) is 17.9 Å². The number of fused-ring (bicyclic) bond motifs is 2. The van der Waals surface area contributed by atoms with Crippen molar-refractivity contribution in [2.75, 3.05) is 11.9 Å². The number of carbonyl (C=O) groups excluding carboxylic acids is 3. The molecule has 1 heterocycles. The summed E-state index contributed by atoms with van der Waals surface area (Å²) in [4.78, 5) is 39.5. The molecule has 1 aliphatic heterocycles. The van der Waals surface area contributed by atoms with Crippen molar-refractivity contribution in [3.05, 3.63) is 63.7 Å². The maximum absolute atomic E-state index is 13.2. The number of nitrogens with one attached hydrogen (secondary N) is 2. The Kier molecular flexibility index (Phi) is 4.82. The van der Waals surface area contributed by atoms with Gasteiger partial charge in [0.25, 0.3) is 5.91 Å². The molecule has 4 rings (SSSR count). The van der Waals surface area contributed by atoms with Crippen LogP contribution in [0.1, 0.15) is 35.6 Å². The van der Waals surface area contributed by atoms with E-state index in [1.807, 2.05) is 38.1 Å². The second-order valence-electron chi connectivity index (χ2n) is 7.54. The Morgan fingerprint density at radius 2 is 2.07 bits per heavy atom. The van der Waals surface area contributed by atoms with Gasteiger partial charge in [-0.1, -0.05) is 42.8 Å². The highest BCUT2D eigenvalue weighted by Crippen LogP contribution is 2.42. The van der Waals surface area contributed by atoms with Crippen molar-refractivity contribution in [2.45, 2.75) is 38.6 Å². The fourth-order valence-corrected chi connectivity index (χ4v) is 4.48. The van der Waals surface area contributed by atoms with Gasteiger partial charge in [-0.2, -0.15) is 0 Å². The quantitative estimate of drug-likeness (QED) is 0.755. The van der Waals surface area contributed by atoms with Crippen LogP contribution in [-0.4, -0.2) is 29.3 Å². The fraction of sp³-hybridized carbons (Fsp3) is 0.318. The van der Waals surface area contributed by atoms with Crippen LogP contribution in [0.5, 0.6) is 0 Å². The van der Waals surface area contributed by atoms with E-state index in [0.717, 1.165) is 39.3 Å². The SMILES string of the molecule is CCc1cccc(C)c1NC(=O)CN1C(=O)N[C@]2(CCc3cc(Cl)ccc32)C1=O. The number of rotatable bonds is 4. The maximum Gasteiger partial charge on any atom is 0.325 e. The van der Waals surface area contributed by atoms with Crippen LogP contribution in [0, 0.1) is 6.92 Å². The molecule has 4 amide bonds. The highest BCUT2D eigenvalue weighted by atomic mass is 35.5. The molecule has 1 aliphatic carbocycles. The minimum Gasteiger partial charge on any atom is -0.324 e. The number of urea groups is 1. The van der Waals surface area contributed by atoms with Crippen LogP contribution in [0.25, 0.3) is 0 Å². The number of aryl methyl sites for hydroxylation is 3. The van der Waals surface area contributed by atoms with Gasteiger partial charge in [0, 0.05) is 10.7 Å². The lowest BCUT2D eigenvalue weighted by Crippen LogP contribution is -2.43. The molecule has 0 aromatic heterocycles. The molecule has 1 atom stereocenters. The Hall–Kier alpha value is -2.86. The Morgan fingerprint density at radius 1 is 1.28 bits per heavy atom. The van der Waals surface area contributed by atoms with Gasteiger partial charge in [-0.3, -0.25) is 14.5 Å². The molecular formula is C22H22ClN3O3. The Morgan fingerprint density at radius 3 is 2.83 bits per heavy atom. The van der Waals surface area contributed by atoms with Crippen molar-refractivity contribution in [3.8, 4) is 0 Å². The van der Waals surface area contributed by atoms with Crippen molar-refractivity contribution in [1.29, 1.82) is 0 Å². The highest BCUT2D eigenvalue weighted by Gasteiger charge is 2.55. The zero-order chi connectivity index (χ0) is 20.8. The van der Waals surface area contributed by atoms with Crippen LogP contribution < -0.4 is 10.6 Å². The first-order valence-corrected chi connectivity index (χ1v) is 10.0. The zero-order valence-electron chi connectivity index (χ0n) is 16.3. The largest absolute Gasteiger partial charge is 0.325 e. The molecule has 6 nitrogen and oxygen atoms in total.